The first-order valence-corrected chi connectivity index (χ1v) is 3.63. The summed E-state index contributed by atoms with van der Waals surface area (Å²) < 4.78 is 4.93. The van der Waals surface area contributed by atoms with E-state index in [-0.39, 0.29) is 0 Å². The Kier molecular flexibility index (Phi) is 2.71. The largest absolute Gasteiger partial charge is 0.497 e. The quantitative estimate of drug-likeness (QED) is 0.455. The average Bonchev–Trinajstić information content (AvgIpc) is 2.16. The van der Waals surface area contributed by atoms with Crippen LogP contribution in [0, 0.1) is 0 Å². The van der Waals surface area contributed by atoms with Crippen molar-refractivity contribution in [2.24, 2.45) is 11.6 Å². The van der Waals surface area contributed by atoms with Crippen molar-refractivity contribution in [1.29, 1.82) is 0 Å². The maximum Gasteiger partial charge on any atom is 0.250 e. The molecule has 0 aliphatic rings. The number of benzene rings is 1. The highest BCUT2D eigenvalue weighted by atomic mass is 16.5. The van der Waals surface area contributed by atoms with E-state index in [1.54, 1.807) is 12.1 Å². The summed E-state index contributed by atoms with van der Waals surface area (Å²) in [4.78, 5) is 10.9. The molecule has 0 unspecified atom stereocenters. The summed E-state index contributed by atoms with van der Waals surface area (Å²) >= 11 is 0. The fourth-order valence-corrected chi connectivity index (χ4v) is 0.980. The summed E-state index contributed by atoms with van der Waals surface area (Å²) in [5, 5.41) is 0. The van der Waals surface area contributed by atoms with Crippen molar-refractivity contribution in [2.45, 2.75) is 0 Å². The molecular weight excluding hydrogens is 170 g/mol. The fraction of sp³-hybridized carbons (Fsp3) is 0.125. The predicted molar refractivity (Wildman–Crippen MR) is 49.3 cm³/mol. The first-order chi connectivity index (χ1) is 6.19. The molecule has 5 nitrogen and oxygen atoms in total. The van der Waals surface area contributed by atoms with Gasteiger partial charge in [0.25, 0.3) is 5.91 Å². The Bertz CT molecular complexity index is 325. The van der Waals surface area contributed by atoms with E-state index in [4.69, 9.17) is 16.3 Å². The van der Waals surface area contributed by atoms with Crippen LogP contribution in [0.15, 0.2) is 18.2 Å². The van der Waals surface area contributed by atoms with Crippen LogP contribution in [0.3, 0.4) is 0 Å². The number of hydrazine groups is 1. The number of nitrogens with two attached hydrogens (primary N) is 2. The molecule has 0 atom stereocenters. The Morgan fingerprint density at radius 2 is 2.23 bits per heavy atom. The number of anilines is 1. The second-order valence-electron chi connectivity index (χ2n) is 2.42. The Morgan fingerprint density at radius 1 is 1.54 bits per heavy atom. The summed E-state index contributed by atoms with van der Waals surface area (Å²) in [6, 6.07) is 4.83. The van der Waals surface area contributed by atoms with E-state index >= 15 is 0 Å². The van der Waals surface area contributed by atoms with Gasteiger partial charge >= 0.3 is 0 Å². The molecular formula is C8H11N3O2. The van der Waals surface area contributed by atoms with Gasteiger partial charge in [-0.1, -0.05) is 0 Å². The fourth-order valence-electron chi connectivity index (χ4n) is 0.980. The van der Waals surface area contributed by atoms with Crippen molar-refractivity contribution >= 4 is 11.6 Å². The van der Waals surface area contributed by atoms with Crippen LogP contribution >= 0.6 is 0 Å². The summed E-state index contributed by atoms with van der Waals surface area (Å²) in [6.07, 6.45) is 0. The number of carbonyl (C=O) groups is 1. The standard InChI is InChI=1S/C8H11N3O2/c1-13-5-2-3-7(11-10)6(4-5)8(9)12/h2-4,11H,10H2,1H3,(H2,9,12). The van der Waals surface area contributed by atoms with Crippen molar-refractivity contribution in [3.05, 3.63) is 23.8 Å². The number of rotatable bonds is 3. The molecule has 0 heterocycles. The SMILES string of the molecule is COc1ccc(NN)c(C(N)=O)c1. The lowest BCUT2D eigenvalue weighted by atomic mass is 10.1. The Morgan fingerprint density at radius 3 is 2.69 bits per heavy atom. The molecule has 13 heavy (non-hydrogen) atoms. The molecule has 70 valence electrons. The number of ether oxygens (including phenoxy) is 1. The van der Waals surface area contributed by atoms with Gasteiger partial charge in [0.15, 0.2) is 0 Å². The lowest BCUT2D eigenvalue weighted by Crippen LogP contribution is -2.17. The van der Waals surface area contributed by atoms with E-state index in [0.29, 0.717) is 17.0 Å². The van der Waals surface area contributed by atoms with E-state index in [0.717, 1.165) is 0 Å². The minimum Gasteiger partial charge on any atom is -0.497 e. The average molecular weight is 181 g/mol. The summed E-state index contributed by atoms with van der Waals surface area (Å²) in [5.74, 6) is 5.19. The smallest absolute Gasteiger partial charge is 0.250 e. The minimum atomic E-state index is -0.549. The van der Waals surface area contributed by atoms with Gasteiger partial charge in [-0.2, -0.15) is 0 Å². The third-order valence-corrected chi connectivity index (χ3v) is 1.65. The number of hydrogen-bond acceptors (Lipinski definition) is 4. The van der Waals surface area contributed by atoms with Crippen molar-refractivity contribution in [1.82, 2.24) is 0 Å². The predicted octanol–water partition coefficient (Wildman–Crippen LogP) is 0.0797. The first-order valence-electron chi connectivity index (χ1n) is 3.63. The van der Waals surface area contributed by atoms with Crippen LogP contribution in [-0.4, -0.2) is 13.0 Å². The van der Waals surface area contributed by atoms with Gasteiger partial charge in [-0.15, -0.1) is 0 Å². The molecule has 0 aromatic heterocycles. The van der Waals surface area contributed by atoms with E-state index < -0.39 is 5.91 Å². The number of primary amides is 1. The number of amides is 1. The molecule has 0 aliphatic carbocycles. The van der Waals surface area contributed by atoms with E-state index in [1.165, 1.54) is 13.2 Å². The molecule has 1 rings (SSSR count). The maximum atomic E-state index is 10.9. The minimum absolute atomic E-state index is 0.307. The van der Waals surface area contributed by atoms with Crippen LogP contribution in [0.25, 0.3) is 0 Å². The molecule has 1 aromatic rings. The zero-order valence-corrected chi connectivity index (χ0v) is 7.20. The van der Waals surface area contributed by atoms with Gasteiger partial charge < -0.3 is 15.9 Å². The van der Waals surface area contributed by atoms with Gasteiger partial charge in [0.1, 0.15) is 5.75 Å². The highest BCUT2D eigenvalue weighted by molar-refractivity contribution is 5.98. The van der Waals surface area contributed by atoms with Crippen molar-refractivity contribution < 1.29 is 9.53 Å². The van der Waals surface area contributed by atoms with Crippen LogP contribution in [0.2, 0.25) is 0 Å². The monoisotopic (exact) mass is 181 g/mol. The summed E-state index contributed by atoms with van der Waals surface area (Å²) in [7, 11) is 1.51. The van der Waals surface area contributed by atoms with Gasteiger partial charge in [0.2, 0.25) is 0 Å². The molecule has 0 saturated carbocycles. The molecule has 0 spiro atoms. The third kappa shape index (κ3) is 1.88. The van der Waals surface area contributed by atoms with Crippen LogP contribution < -0.4 is 21.7 Å². The molecule has 0 aliphatic heterocycles. The zero-order chi connectivity index (χ0) is 9.84. The molecule has 0 saturated heterocycles. The molecule has 0 radical (unpaired) electrons. The van der Waals surface area contributed by atoms with Gasteiger partial charge in [0, 0.05) is 0 Å². The molecule has 5 heteroatoms. The number of hydrogen-bond donors (Lipinski definition) is 3. The summed E-state index contributed by atoms with van der Waals surface area (Å²) in [5.41, 5.74) is 8.28. The topological polar surface area (TPSA) is 90.4 Å². The molecule has 1 aromatic carbocycles. The first kappa shape index (κ1) is 9.34. The van der Waals surface area contributed by atoms with Crippen molar-refractivity contribution in [3.8, 4) is 5.75 Å². The van der Waals surface area contributed by atoms with Crippen LogP contribution in [0.5, 0.6) is 5.75 Å². The molecule has 1 amide bonds. The van der Waals surface area contributed by atoms with Crippen molar-refractivity contribution in [3.63, 3.8) is 0 Å². The highest BCUT2D eigenvalue weighted by Crippen LogP contribution is 2.20. The Labute approximate surface area is 75.6 Å². The number of nitrogens with one attached hydrogen (secondary N) is 1. The van der Waals surface area contributed by atoms with Gasteiger partial charge in [-0.05, 0) is 18.2 Å². The van der Waals surface area contributed by atoms with Crippen LogP contribution in [0.4, 0.5) is 5.69 Å². The Balaban J connectivity index is 3.18. The molecule has 0 bridgehead atoms. The lowest BCUT2D eigenvalue weighted by molar-refractivity contribution is 0.100. The summed E-state index contributed by atoms with van der Waals surface area (Å²) in [6.45, 7) is 0. The van der Waals surface area contributed by atoms with Gasteiger partial charge in [-0.25, -0.2) is 0 Å². The number of methoxy groups -OCH3 is 1. The second kappa shape index (κ2) is 3.77. The lowest BCUT2D eigenvalue weighted by Gasteiger charge is -2.07. The van der Waals surface area contributed by atoms with Gasteiger partial charge in [-0.3, -0.25) is 10.6 Å². The van der Waals surface area contributed by atoms with E-state index in [1.807, 2.05) is 0 Å². The molecule has 5 N–H and O–H groups in total. The highest BCUT2D eigenvalue weighted by Gasteiger charge is 2.07. The molecule has 0 fully saturated rings. The normalized spacial score (nSPS) is 9.38. The maximum absolute atomic E-state index is 10.9. The van der Waals surface area contributed by atoms with Gasteiger partial charge in [0.05, 0.1) is 18.4 Å². The third-order valence-electron chi connectivity index (χ3n) is 1.65. The van der Waals surface area contributed by atoms with Crippen LogP contribution in [0.1, 0.15) is 10.4 Å². The number of nitrogen functional groups attached to an aromatic ring is 1. The van der Waals surface area contributed by atoms with Crippen molar-refractivity contribution in [2.75, 3.05) is 12.5 Å². The number of carbonyl (C=O) groups excluding carboxylic acids is 1. The zero-order valence-electron chi connectivity index (χ0n) is 7.20. The van der Waals surface area contributed by atoms with E-state index in [2.05, 4.69) is 5.43 Å². The van der Waals surface area contributed by atoms with E-state index in [9.17, 15) is 4.79 Å². The van der Waals surface area contributed by atoms with Crippen LogP contribution in [-0.2, 0) is 0 Å². The second-order valence-corrected chi connectivity index (χ2v) is 2.42. The Hall–Kier alpha value is -1.75.